The van der Waals surface area contributed by atoms with E-state index in [1.54, 1.807) is 48.5 Å². The second-order valence-electron chi connectivity index (χ2n) is 6.83. The van der Waals surface area contributed by atoms with Crippen LogP contribution in [-0.2, 0) is 16.6 Å². The van der Waals surface area contributed by atoms with Crippen molar-refractivity contribution in [3.05, 3.63) is 77.6 Å². The Labute approximate surface area is 181 Å². The van der Waals surface area contributed by atoms with Crippen LogP contribution < -0.4 is 18.5 Å². The molecule has 0 saturated carbocycles. The average Bonchev–Trinajstić information content (AvgIpc) is 2.77. The van der Waals surface area contributed by atoms with Crippen molar-refractivity contribution in [3.8, 4) is 17.2 Å². The highest BCUT2D eigenvalue weighted by molar-refractivity contribution is 7.92. The maximum absolute atomic E-state index is 13.6. The number of hydrogen-bond donors (Lipinski definition) is 0. The predicted octanol–water partition coefficient (Wildman–Crippen LogP) is 4.56. The summed E-state index contributed by atoms with van der Waals surface area (Å²) in [4.78, 5) is 0.133. The minimum atomic E-state index is -3.96. The third kappa shape index (κ3) is 4.74. The van der Waals surface area contributed by atoms with Crippen molar-refractivity contribution < 1.29 is 27.0 Å². The molecule has 0 unspecified atom stereocenters. The van der Waals surface area contributed by atoms with Crippen LogP contribution in [0, 0.1) is 12.7 Å². The molecule has 3 aromatic carbocycles. The van der Waals surface area contributed by atoms with E-state index in [1.807, 2.05) is 6.92 Å². The zero-order valence-electron chi connectivity index (χ0n) is 17.8. The van der Waals surface area contributed by atoms with Crippen molar-refractivity contribution in [3.63, 3.8) is 0 Å². The van der Waals surface area contributed by atoms with Gasteiger partial charge in [-0.3, -0.25) is 4.31 Å². The maximum Gasteiger partial charge on any atom is 0.264 e. The fraction of sp³-hybridized carbons (Fsp3) is 0.217. The summed E-state index contributed by atoms with van der Waals surface area (Å²) in [7, 11) is 0.427. The maximum atomic E-state index is 13.6. The Morgan fingerprint density at radius 2 is 1.39 bits per heavy atom. The Kier molecular flexibility index (Phi) is 6.70. The molecule has 0 aliphatic heterocycles. The number of anilines is 1. The van der Waals surface area contributed by atoms with E-state index >= 15 is 0 Å². The van der Waals surface area contributed by atoms with Crippen LogP contribution in [0.15, 0.2) is 65.6 Å². The average molecular weight is 446 g/mol. The molecular weight excluding hydrogens is 421 g/mol. The molecule has 0 saturated heterocycles. The molecule has 0 fully saturated rings. The largest absolute Gasteiger partial charge is 0.493 e. The van der Waals surface area contributed by atoms with E-state index in [9.17, 15) is 12.8 Å². The number of halogens is 1. The fourth-order valence-corrected chi connectivity index (χ4v) is 4.56. The molecule has 0 aliphatic carbocycles. The predicted molar refractivity (Wildman–Crippen MR) is 117 cm³/mol. The molecule has 0 atom stereocenters. The Bertz CT molecular complexity index is 1120. The normalized spacial score (nSPS) is 11.1. The summed E-state index contributed by atoms with van der Waals surface area (Å²) in [5.41, 5.74) is 1.88. The highest BCUT2D eigenvalue weighted by Gasteiger charge is 2.28. The molecule has 0 aromatic heterocycles. The number of ether oxygens (including phenoxy) is 3. The summed E-state index contributed by atoms with van der Waals surface area (Å²) < 4.78 is 58.0. The highest BCUT2D eigenvalue weighted by atomic mass is 32.2. The van der Waals surface area contributed by atoms with Gasteiger partial charge in [-0.15, -0.1) is 0 Å². The summed E-state index contributed by atoms with van der Waals surface area (Å²) in [6.07, 6.45) is 0. The van der Waals surface area contributed by atoms with Crippen LogP contribution in [0.4, 0.5) is 10.1 Å². The number of aryl methyl sites for hydroxylation is 1. The van der Waals surface area contributed by atoms with Crippen LogP contribution in [0.3, 0.4) is 0 Å². The first kappa shape index (κ1) is 22.4. The van der Waals surface area contributed by atoms with Gasteiger partial charge in [-0.05, 0) is 36.8 Å². The van der Waals surface area contributed by atoms with Gasteiger partial charge in [0.2, 0.25) is 5.75 Å². The van der Waals surface area contributed by atoms with Gasteiger partial charge < -0.3 is 14.2 Å². The molecular formula is C23H24FNO5S. The van der Waals surface area contributed by atoms with Gasteiger partial charge in [0.05, 0.1) is 38.5 Å². The topological polar surface area (TPSA) is 65.1 Å². The molecule has 31 heavy (non-hydrogen) atoms. The van der Waals surface area contributed by atoms with E-state index in [-0.39, 0.29) is 11.4 Å². The quantitative estimate of drug-likeness (QED) is 0.509. The zero-order chi connectivity index (χ0) is 22.6. The van der Waals surface area contributed by atoms with E-state index < -0.39 is 15.8 Å². The fourth-order valence-electron chi connectivity index (χ4n) is 3.12. The first-order valence-electron chi connectivity index (χ1n) is 9.44. The number of rotatable bonds is 8. The molecule has 0 heterocycles. The van der Waals surface area contributed by atoms with E-state index in [1.165, 1.54) is 37.8 Å². The zero-order valence-corrected chi connectivity index (χ0v) is 18.6. The molecule has 0 aliphatic rings. The SMILES string of the molecule is COc1cc(N(Cc2ccc(F)cc2)S(=O)(=O)c2ccc(C)cc2)cc(OC)c1OC. The molecule has 6 nitrogen and oxygen atoms in total. The molecule has 3 rings (SSSR count). The Morgan fingerprint density at radius 1 is 0.839 bits per heavy atom. The summed E-state index contributed by atoms with van der Waals surface area (Å²) >= 11 is 0. The summed E-state index contributed by atoms with van der Waals surface area (Å²) in [6.45, 7) is 1.86. The molecule has 164 valence electrons. The van der Waals surface area contributed by atoms with Crippen molar-refractivity contribution in [1.29, 1.82) is 0 Å². The molecule has 0 spiro atoms. The van der Waals surface area contributed by atoms with E-state index in [0.29, 0.717) is 28.5 Å². The lowest BCUT2D eigenvalue weighted by Gasteiger charge is -2.26. The number of sulfonamides is 1. The van der Waals surface area contributed by atoms with Crippen LogP contribution in [0.2, 0.25) is 0 Å². The lowest BCUT2D eigenvalue weighted by Crippen LogP contribution is -2.30. The van der Waals surface area contributed by atoms with Crippen molar-refractivity contribution >= 4 is 15.7 Å². The van der Waals surface area contributed by atoms with Crippen LogP contribution in [-0.4, -0.2) is 29.7 Å². The summed E-state index contributed by atoms with van der Waals surface area (Å²) in [5.74, 6) is 0.591. The van der Waals surface area contributed by atoms with Crippen molar-refractivity contribution in [2.75, 3.05) is 25.6 Å². The van der Waals surface area contributed by atoms with Gasteiger partial charge in [0.15, 0.2) is 11.5 Å². The van der Waals surface area contributed by atoms with Crippen LogP contribution in [0.1, 0.15) is 11.1 Å². The number of nitrogens with zero attached hydrogens (tertiary/aromatic N) is 1. The van der Waals surface area contributed by atoms with Crippen molar-refractivity contribution in [2.45, 2.75) is 18.4 Å². The summed E-state index contributed by atoms with van der Waals surface area (Å²) in [6, 6.07) is 15.4. The van der Waals surface area contributed by atoms with Crippen LogP contribution in [0.5, 0.6) is 17.2 Å². The molecule has 0 N–H and O–H groups in total. The lowest BCUT2D eigenvalue weighted by molar-refractivity contribution is 0.324. The van der Waals surface area contributed by atoms with E-state index in [4.69, 9.17) is 14.2 Å². The number of benzene rings is 3. The third-order valence-corrected chi connectivity index (χ3v) is 6.57. The van der Waals surface area contributed by atoms with Crippen LogP contribution >= 0.6 is 0 Å². The standard InChI is InChI=1S/C23H24FNO5S/c1-16-5-11-20(12-6-16)31(26,27)25(15-17-7-9-18(24)10-8-17)19-13-21(28-2)23(30-4)22(14-19)29-3/h5-14H,15H2,1-4H3. The number of hydrogen-bond acceptors (Lipinski definition) is 5. The summed E-state index contributed by atoms with van der Waals surface area (Å²) in [5, 5.41) is 0. The van der Waals surface area contributed by atoms with Crippen molar-refractivity contribution in [2.24, 2.45) is 0 Å². The van der Waals surface area contributed by atoms with Gasteiger partial charge >= 0.3 is 0 Å². The molecule has 0 amide bonds. The Hall–Kier alpha value is -3.26. The highest BCUT2D eigenvalue weighted by Crippen LogP contribution is 2.42. The Balaban J connectivity index is 2.18. The van der Waals surface area contributed by atoms with Crippen molar-refractivity contribution in [1.82, 2.24) is 0 Å². The van der Waals surface area contributed by atoms with E-state index in [2.05, 4.69) is 0 Å². The second-order valence-corrected chi connectivity index (χ2v) is 8.70. The molecule has 3 aromatic rings. The minimum Gasteiger partial charge on any atom is -0.493 e. The minimum absolute atomic E-state index is 0.0187. The van der Waals surface area contributed by atoms with E-state index in [0.717, 1.165) is 5.56 Å². The first-order chi connectivity index (χ1) is 14.8. The monoisotopic (exact) mass is 445 g/mol. The molecule has 0 bridgehead atoms. The van der Waals surface area contributed by atoms with Gasteiger partial charge in [0.25, 0.3) is 10.0 Å². The van der Waals surface area contributed by atoms with Gasteiger partial charge in [0, 0.05) is 12.1 Å². The first-order valence-corrected chi connectivity index (χ1v) is 10.9. The van der Waals surface area contributed by atoms with Gasteiger partial charge in [-0.1, -0.05) is 29.8 Å². The van der Waals surface area contributed by atoms with Gasteiger partial charge in [0.1, 0.15) is 5.82 Å². The second kappa shape index (κ2) is 9.26. The van der Waals surface area contributed by atoms with Crippen LogP contribution in [0.25, 0.3) is 0 Å². The third-order valence-electron chi connectivity index (χ3n) is 4.79. The van der Waals surface area contributed by atoms with Gasteiger partial charge in [-0.25, -0.2) is 12.8 Å². The smallest absolute Gasteiger partial charge is 0.264 e. The number of methoxy groups -OCH3 is 3. The lowest BCUT2D eigenvalue weighted by atomic mass is 10.2. The van der Waals surface area contributed by atoms with Gasteiger partial charge in [-0.2, -0.15) is 0 Å². The molecule has 8 heteroatoms. The molecule has 0 radical (unpaired) electrons. The Morgan fingerprint density at radius 3 is 1.87 bits per heavy atom.